The zero-order chi connectivity index (χ0) is 13.3. The van der Waals surface area contributed by atoms with E-state index in [2.05, 4.69) is 12.2 Å². The number of hydrogen-bond donors (Lipinski definition) is 1. The quantitative estimate of drug-likeness (QED) is 0.695. The molecular formula is C17H33NO. The van der Waals surface area contributed by atoms with Crippen molar-refractivity contribution < 1.29 is 4.74 Å². The predicted molar refractivity (Wildman–Crippen MR) is 81.5 cm³/mol. The Morgan fingerprint density at radius 1 is 1.00 bits per heavy atom. The van der Waals surface area contributed by atoms with E-state index in [-0.39, 0.29) is 0 Å². The van der Waals surface area contributed by atoms with Crippen molar-refractivity contribution in [2.24, 2.45) is 5.92 Å². The largest absolute Gasteiger partial charge is 0.378 e. The Kier molecular flexibility index (Phi) is 7.23. The Hall–Kier alpha value is -0.0800. The summed E-state index contributed by atoms with van der Waals surface area (Å²) in [6, 6.07) is 0.786. The minimum absolute atomic E-state index is 0.577. The molecule has 0 radical (unpaired) electrons. The number of rotatable bonds is 7. The van der Waals surface area contributed by atoms with Crippen LogP contribution in [0.25, 0.3) is 0 Å². The fourth-order valence-corrected chi connectivity index (χ4v) is 3.71. The molecule has 0 bridgehead atoms. The van der Waals surface area contributed by atoms with Crippen LogP contribution in [0.3, 0.4) is 0 Å². The molecule has 2 aliphatic rings. The van der Waals surface area contributed by atoms with Gasteiger partial charge in [-0.25, -0.2) is 0 Å². The van der Waals surface area contributed by atoms with Gasteiger partial charge in [-0.05, 0) is 44.6 Å². The van der Waals surface area contributed by atoms with Gasteiger partial charge in [0.05, 0.1) is 6.10 Å². The highest BCUT2D eigenvalue weighted by Crippen LogP contribution is 2.26. The van der Waals surface area contributed by atoms with Gasteiger partial charge < -0.3 is 10.1 Å². The molecule has 2 fully saturated rings. The van der Waals surface area contributed by atoms with Crippen LogP contribution in [0, 0.1) is 5.92 Å². The van der Waals surface area contributed by atoms with Gasteiger partial charge in [0.25, 0.3) is 0 Å². The van der Waals surface area contributed by atoms with Gasteiger partial charge in [0, 0.05) is 12.6 Å². The molecule has 0 heterocycles. The van der Waals surface area contributed by atoms with Gasteiger partial charge in [-0.3, -0.25) is 0 Å². The SMILES string of the molecule is CCC1CCCC(NCCCOC2CCCCC2)C1. The highest BCUT2D eigenvalue weighted by molar-refractivity contribution is 4.77. The van der Waals surface area contributed by atoms with Crippen LogP contribution in [0.2, 0.25) is 0 Å². The lowest BCUT2D eigenvalue weighted by molar-refractivity contribution is 0.0269. The fourth-order valence-electron chi connectivity index (χ4n) is 3.71. The molecular weight excluding hydrogens is 234 g/mol. The molecule has 0 aromatic carbocycles. The first-order chi connectivity index (χ1) is 9.38. The maximum absolute atomic E-state index is 5.97. The molecule has 0 spiro atoms. The summed E-state index contributed by atoms with van der Waals surface area (Å²) in [4.78, 5) is 0. The molecule has 0 saturated heterocycles. The summed E-state index contributed by atoms with van der Waals surface area (Å²) in [6.07, 6.45) is 15.6. The summed E-state index contributed by atoms with van der Waals surface area (Å²) in [5, 5.41) is 3.74. The van der Waals surface area contributed by atoms with Crippen molar-refractivity contribution in [2.45, 2.75) is 89.7 Å². The Balaban J connectivity index is 1.47. The van der Waals surface area contributed by atoms with E-state index in [4.69, 9.17) is 4.74 Å². The molecule has 2 rings (SSSR count). The van der Waals surface area contributed by atoms with Crippen LogP contribution in [0.1, 0.15) is 77.6 Å². The average Bonchev–Trinajstić information content (AvgIpc) is 2.48. The zero-order valence-electron chi connectivity index (χ0n) is 12.8. The van der Waals surface area contributed by atoms with Crippen LogP contribution in [0.15, 0.2) is 0 Å². The zero-order valence-corrected chi connectivity index (χ0v) is 12.8. The second-order valence-corrected chi connectivity index (χ2v) is 6.58. The molecule has 2 aliphatic carbocycles. The second-order valence-electron chi connectivity index (χ2n) is 6.58. The van der Waals surface area contributed by atoms with Crippen molar-refractivity contribution in [3.63, 3.8) is 0 Å². The summed E-state index contributed by atoms with van der Waals surface area (Å²) in [5.74, 6) is 0.977. The monoisotopic (exact) mass is 267 g/mol. The van der Waals surface area contributed by atoms with E-state index < -0.39 is 0 Å². The molecule has 0 aliphatic heterocycles. The summed E-state index contributed by atoms with van der Waals surface area (Å²) in [7, 11) is 0. The maximum atomic E-state index is 5.97. The third-order valence-corrected chi connectivity index (χ3v) is 5.02. The first-order valence-electron chi connectivity index (χ1n) is 8.73. The molecule has 112 valence electrons. The molecule has 0 aromatic heterocycles. The van der Waals surface area contributed by atoms with Crippen LogP contribution < -0.4 is 5.32 Å². The first-order valence-corrected chi connectivity index (χ1v) is 8.73. The molecule has 1 N–H and O–H groups in total. The minimum atomic E-state index is 0.577. The summed E-state index contributed by atoms with van der Waals surface area (Å²) < 4.78 is 5.97. The summed E-state index contributed by atoms with van der Waals surface area (Å²) in [5.41, 5.74) is 0. The lowest BCUT2D eigenvalue weighted by Crippen LogP contribution is -2.35. The van der Waals surface area contributed by atoms with Gasteiger partial charge in [-0.2, -0.15) is 0 Å². The normalized spacial score (nSPS) is 29.5. The highest BCUT2D eigenvalue weighted by atomic mass is 16.5. The van der Waals surface area contributed by atoms with Crippen molar-refractivity contribution in [2.75, 3.05) is 13.2 Å². The smallest absolute Gasteiger partial charge is 0.0575 e. The number of hydrogen-bond acceptors (Lipinski definition) is 2. The third kappa shape index (κ3) is 5.83. The molecule has 2 nitrogen and oxygen atoms in total. The van der Waals surface area contributed by atoms with Crippen LogP contribution >= 0.6 is 0 Å². The Morgan fingerprint density at radius 2 is 1.84 bits per heavy atom. The van der Waals surface area contributed by atoms with Crippen LogP contribution in [0.5, 0.6) is 0 Å². The van der Waals surface area contributed by atoms with E-state index in [0.29, 0.717) is 6.10 Å². The molecule has 0 aromatic rings. The van der Waals surface area contributed by atoms with Crippen LogP contribution in [0.4, 0.5) is 0 Å². The van der Waals surface area contributed by atoms with E-state index in [1.165, 1.54) is 70.6 Å². The molecule has 2 unspecified atom stereocenters. The van der Waals surface area contributed by atoms with E-state index >= 15 is 0 Å². The van der Waals surface area contributed by atoms with Gasteiger partial charge in [0.1, 0.15) is 0 Å². The first kappa shape index (κ1) is 15.3. The van der Waals surface area contributed by atoms with Crippen molar-refractivity contribution in [3.05, 3.63) is 0 Å². The minimum Gasteiger partial charge on any atom is -0.378 e. The number of ether oxygens (including phenoxy) is 1. The highest BCUT2D eigenvalue weighted by Gasteiger charge is 2.19. The lowest BCUT2D eigenvalue weighted by Gasteiger charge is -2.29. The van der Waals surface area contributed by atoms with E-state index in [1.54, 1.807) is 0 Å². The Bertz CT molecular complexity index is 225. The van der Waals surface area contributed by atoms with Gasteiger partial charge in [0.15, 0.2) is 0 Å². The molecule has 0 amide bonds. The molecule has 19 heavy (non-hydrogen) atoms. The van der Waals surface area contributed by atoms with Gasteiger partial charge in [-0.15, -0.1) is 0 Å². The second kappa shape index (κ2) is 8.97. The summed E-state index contributed by atoms with van der Waals surface area (Å²) >= 11 is 0. The van der Waals surface area contributed by atoms with Crippen molar-refractivity contribution in [3.8, 4) is 0 Å². The van der Waals surface area contributed by atoms with Gasteiger partial charge in [0.2, 0.25) is 0 Å². The Morgan fingerprint density at radius 3 is 2.63 bits per heavy atom. The standard InChI is InChI=1S/C17H33NO/c1-2-15-8-6-9-16(14-15)18-12-7-13-19-17-10-4-3-5-11-17/h15-18H,2-14H2,1H3. The average molecular weight is 267 g/mol. The lowest BCUT2D eigenvalue weighted by atomic mass is 9.84. The van der Waals surface area contributed by atoms with Crippen LogP contribution in [-0.2, 0) is 4.74 Å². The maximum Gasteiger partial charge on any atom is 0.0575 e. The third-order valence-electron chi connectivity index (χ3n) is 5.02. The molecule has 2 atom stereocenters. The topological polar surface area (TPSA) is 21.3 Å². The van der Waals surface area contributed by atoms with E-state index in [1.807, 2.05) is 0 Å². The Labute approximate surface area is 119 Å². The molecule has 2 heteroatoms. The van der Waals surface area contributed by atoms with Gasteiger partial charge in [-0.1, -0.05) is 45.4 Å². The number of nitrogens with one attached hydrogen (secondary N) is 1. The van der Waals surface area contributed by atoms with Crippen LogP contribution in [-0.4, -0.2) is 25.3 Å². The van der Waals surface area contributed by atoms with Crippen molar-refractivity contribution in [1.29, 1.82) is 0 Å². The van der Waals surface area contributed by atoms with E-state index in [9.17, 15) is 0 Å². The van der Waals surface area contributed by atoms with Crippen molar-refractivity contribution in [1.82, 2.24) is 5.32 Å². The van der Waals surface area contributed by atoms with E-state index in [0.717, 1.165) is 25.1 Å². The van der Waals surface area contributed by atoms with Gasteiger partial charge >= 0.3 is 0 Å². The van der Waals surface area contributed by atoms with Crippen molar-refractivity contribution >= 4 is 0 Å². The molecule has 2 saturated carbocycles. The fraction of sp³-hybridized carbons (Fsp3) is 1.00. The summed E-state index contributed by atoms with van der Waals surface area (Å²) in [6.45, 7) is 4.44. The predicted octanol–water partition coefficient (Wildman–Crippen LogP) is 4.28.